The smallest absolute Gasteiger partial charge is 0.385 e. The molecule has 0 atom stereocenters. The standard InChI is InChI=1S/C9H8F3IN2O2/c10-9(11,12)3-4-14-6-1-2-8(15(16)17)7(13)5-6/h1-2,5,14H,3-4H2. The zero-order chi connectivity index (χ0) is 13.1. The van der Waals surface area contributed by atoms with Crippen molar-refractivity contribution in [1.82, 2.24) is 0 Å². The number of hydrogen-bond donors (Lipinski definition) is 1. The molecular weight excluding hydrogens is 352 g/mol. The molecule has 0 aliphatic carbocycles. The highest BCUT2D eigenvalue weighted by atomic mass is 127. The van der Waals surface area contributed by atoms with Crippen LogP contribution in [0.5, 0.6) is 0 Å². The Morgan fingerprint density at radius 2 is 2.06 bits per heavy atom. The summed E-state index contributed by atoms with van der Waals surface area (Å²) in [6, 6.07) is 4.09. The first-order valence-electron chi connectivity index (χ1n) is 4.54. The molecule has 0 fully saturated rings. The Kier molecular flexibility index (Phi) is 4.54. The van der Waals surface area contributed by atoms with Gasteiger partial charge >= 0.3 is 6.18 Å². The largest absolute Gasteiger partial charge is 0.390 e. The van der Waals surface area contributed by atoms with Crippen LogP contribution in [0.15, 0.2) is 18.2 Å². The molecule has 0 heterocycles. The van der Waals surface area contributed by atoms with Gasteiger partial charge in [-0.25, -0.2) is 0 Å². The monoisotopic (exact) mass is 360 g/mol. The zero-order valence-electron chi connectivity index (χ0n) is 8.42. The van der Waals surface area contributed by atoms with Gasteiger partial charge in [0.15, 0.2) is 0 Å². The van der Waals surface area contributed by atoms with E-state index in [4.69, 9.17) is 0 Å². The lowest BCUT2D eigenvalue weighted by Gasteiger charge is -2.09. The third-order valence-electron chi connectivity index (χ3n) is 1.88. The summed E-state index contributed by atoms with van der Waals surface area (Å²) >= 11 is 1.77. The van der Waals surface area contributed by atoms with Gasteiger partial charge in [-0.2, -0.15) is 13.2 Å². The van der Waals surface area contributed by atoms with Crippen molar-refractivity contribution in [3.05, 3.63) is 31.9 Å². The van der Waals surface area contributed by atoms with Crippen LogP contribution in [0.1, 0.15) is 6.42 Å². The second-order valence-electron chi connectivity index (χ2n) is 3.22. The predicted molar refractivity (Wildman–Crippen MR) is 65.0 cm³/mol. The summed E-state index contributed by atoms with van der Waals surface area (Å²) in [6.45, 7) is -0.253. The molecule has 0 amide bonds. The van der Waals surface area contributed by atoms with Crippen molar-refractivity contribution in [1.29, 1.82) is 0 Å². The normalized spacial score (nSPS) is 11.3. The van der Waals surface area contributed by atoms with E-state index in [9.17, 15) is 23.3 Å². The Hall–Kier alpha value is -1.06. The molecule has 4 nitrogen and oxygen atoms in total. The number of halogens is 4. The number of nitro groups is 1. The number of anilines is 1. The molecule has 0 radical (unpaired) electrons. The van der Waals surface area contributed by atoms with Crippen molar-refractivity contribution in [2.75, 3.05) is 11.9 Å². The molecular formula is C9H8F3IN2O2. The average Bonchev–Trinajstić information content (AvgIpc) is 2.15. The molecule has 0 bridgehead atoms. The first-order valence-corrected chi connectivity index (χ1v) is 5.62. The highest BCUT2D eigenvalue weighted by Gasteiger charge is 2.26. The van der Waals surface area contributed by atoms with Gasteiger partial charge in [0.1, 0.15) is 0 Å². The SMILES string of the molecule is O=[N+]([O-])c1ccc(NCCC(F)(F)F)cc1I. The first kappa shape index (κ1) is 14.0. The summed E-state index contributed by atoms with van der Waals surface area (Å²) < 4.78 is 36.0. The van der Waals surface area contributed by atoms with Gasteiger partial charge in [-0.3, -0.25) is 10.1 Å². The van der Waals surface area contributed by atoms with E-state index >= 15 is 0 Å². The fourth-order valence-corrected chi connectivity index (χ4v) is 1.83. The van der Waals surface area contributed by atoms with E-state index < -0.39 is 17.5 Å². The number of hydrogen-bond acceptors (Lipinski definition) is 3. The van der Waals surface area contributed by atoms with Gasteiger partial charge in [0.2, 0.25) is 0 Å². The Morgan fingerprint density at radius 1 is 1.41 bits per heavy atom. The second kappa shape index (κ2) is 5.52. The molecule has 8 heteroatoms. The molecule has 0 unspecified atom stereocenters. The molecule has 1 rings (SSSR count). The van der Waals surface area contributed by atoms with Gasteiger partial charge < -0.3 is 5.32 Å². The van der Waals surface area contributed by atoms with Crippen LogP contribution in [0.2, 0.25) is 0 Å². The van der Waals surface area contributed by atoms with Crippen molar-refractivity contribution in [3.63, 3.8) is 0 Å². The summed E-state index contributed by atoms with van der Waals surface area (Å²) in [5, 5.41) is 13.1. The van der Waals surface area contributed by atoms with Crippen molar-refractivity contribution < 1.29 is 18.1 Å². The van der Waals surface area contributed by atoms with Crippen molar-refractivity contribution in [3.8, 4) is 0 Å². The Bertz CT molecular complexity index is 423. The van der Waals surface area contributed by atoms with E-state index in [0.717, 1.165) is 0 Å². The Balaban J connectivity index is 2.62. The minimum atomic E-state index is -4.21. The third kappa shape index (κ3) is 4.75. The lowest BCUT2D eigenvalue weighted by molar-refractivity contribution is -0.385. The number of rotatable bonds is 4. The van der Waals surface area contributed by atoms with Crippen molar-refractivity contribution in [2.24, 2.45) is 0 Å². The average molecular weight is 360 g/mol. The number of nitrogens with one attached hydrogen (secondary N) is 1. The van der Waals surface area contributed by atoms with E-state index in [1.54, 1.807) is 22.6 Å². The summed E-state index contributed by atoms with van der Waals surface area (Å²) in [7, 11) is 0. The molecule has 1 N–H and O–H groups in total. The van der Waals surface area contributed by atoms with Gasteiger partial charge in [-0.15, -0.1) is 0 Å². The lowest BCUT2D eigenvalue weighted by Crippen LogP contribution is -2.14. The lowest BCUT2D eigenvalue weighted by atomic mass is 10.3. The maximum absolute atomic E-state index is 11.9. The fourth-order valence-electron chi connectivity index (χ4n) is 1.11. The highest BCUT2D eigenvalue weighted by Crippen LogP contribution is 2.25. The Labute approximate surface area is 108 Å². The highest BCUT2D eigenvalue weighted by molar-refractivity contribution is 14.1. The molecule has 17 heavy (non-hydrogen) atoms. The van der Waals surface area contributed by atoms with E-state index in [1.807, 2.05) is 0 Å². The van der Waals surface area contributed by atoms with Crippen LogP contribution in [0, 0.1) is 13.7 Å². The topological polar surface area (TPSA) is 55.2 Å². The maximum atomic E-state index is 11.9. The molecule has 94 valence electrons. The summed E-state index contributed by atoms with van der Waals surface area (Å²) in [5.41, 5.74) is 0.372. The zero-order valence-corrected chi connectivity index (χ0v) is 10.6. The van der Waals surface area contributed by atoms with Gasteiger partial charge in [-0.05, 0) is 34.7 Å². The van der Waals surface area contributed by atoms with Crippen LogP contribution in [-0.2, 0) is 0 Å². The maximum Gasteiger partial charge on any atom is 0.390 e. The number of alkyl halides is 3. The predicted octanol–water partition coefficient (Wildman–Crippen LogP) is 3.56. The van der Waals surface area contributed by atoms with E-state index in [0.29, 0.717) is 9.26 Å². The molecule has 0 spiro atoms. The minimum absolute atomic E-state index is 0.0630. The quantitative estimate of drug-likeness (QED) is 0.508. The second-order valence-corrected chi connectivity index (χ2v) is 4.38. The van der Waals surface area contributed by atoms with Crippen LogP contribution in [0.4, 0.5) is 24.5 Å². The fraction of sp³-hybridized carbons (Fsp3) is 0.333. The summed E-state index contributed by atoms with van der Waals surface area (Å²) in [5.74, 6) is 0. The summed E-state index contributed by atoms with van der Waals surface area (Å²) in [6.07, 6.45) is -5.15. The third-order valence-corrected chi connectivity index (χ3v) is 2.75. The molecule has 0 aliphatic heterocycles. The van der Waals surface area contributed by atoms with E-state index in [2.05, 4.69) is 5.32 Å². The molecule has 0 aromatic heterocycles. The van der Waals surface area contributed by atoms with Gasteiger partial charge in [0.05, 0.1) is 14.9 Å². The van der Waals surface area contributed by atoms with Crippen molar-refractivity contribution >= 4 is 34.0 Å². The molecule has 0 saturated carbocycles. The van der Waals surface area contributed by atoms with Crippen LogP contribution in [0.25, 0.3) is 0 Å². The first-order chi connectivity index (χ1) is 7.79. The van der Waals surface area contributed by atoms with Crippen LogP contribution >= 0.6 is 22.6 Å². The number of nitrogens with zero attached hydrogens (tertiary/aromatic N) is 1. The molecule has 0 aliphatic rings. The number of benzene rings is 1. The molecule has 1 aromatic rings. The molecule has 1 aromatic carbocycles. The number of nitro benzene ring substituents is 1. The van der Waals surface area contributed by atoms with E-state index in [1.165, 1.54) is 18.2 Å². The van der Waals surface area contributed by atoms with E-state index in [-0.39, 0.29) is 12.2 Å². The summed E-state index contributed by atoms with van der Waals surface area (Å²) in [4.78, 5) is 9.97. The van der Waals surface area contributed by atoms with Crippen LogP contribution < -0.4 is 5.32 Å². The van der Waals surface area contributed by atoms with Gasteiger partial charge in [0, 0.05) is 18.3 Å². The van der Waals surface area contributed by atoms with Gasteiger partial charge in [0.25, 0.3) is 5.69 Å². The van der Waals surface area contributed by atoms with Crippen molar-refractivity contribution in [2.45, 2.75) is 12.6 Å². The van der Waals surface area contributed by atoms with Crippen LogP contribution in [-0.4, -0.2) is 17.6 Å². The Morgan fingerprint density at radius 3 is 2.53 bits per heavy atom. The molecule has 0 saturated heterocycles. The van der Waals surface area contributed by atoms with Gasteiger partial charge in [-0.1, -0.05) is 0 Å². The van der Waals surface area contributed by atoms with Crippen LogP contribution in [0.3, 0.4) is 0 Å². The minimum Gasteiger partial charge on any atom is -0.385 e.